The van der Waals surface area contributed by atoms with Crippen LogP contribution in [0.15, 0.2) is 47.7 Å². The van der Waals surface area contributed by atoms with E-state index in [0.29, 0.717) is 0 Å². The molecule has 2 aromatic rings. The molecule has 0 aliphatic rings. The molecule has 1 aromatic heterocycles. The maximum Gasteiger partial charge on any atom is 0.417 e. The van der Waals surface area contributed by atoms with E-state index in [4.69, 9.17) is 11.6 Å². The molecule has 0 aliphatic carbocycles. The van der Waals surface area contributed by atoms with Crippen LogP contribution in [-0.4, -0.2) is 18.2 Å². The monoisotopic (exact) mass is 313 g/mol. The molecule has 7 heteroatoms. The van der Waals surface area contributed by atoms with Gasteiger partial charge in [-0.3, -0.25) is 0 Å². The summed E-state index contributed by atoms with van der Waals surface area (Å²) in [7, 11) is 1.56. The molecule has 110 valence electrons. The average Bonchev–Trinajstić information content (AvgIpc) is 2.45. The molecule has 0 saturated heterocycles. The highest BCUT2D eigenvalue weighted by atomic mass is 35.5. The summed E-state index contributed by atoms with van der Waals surface area (Å²) in [6, 6.07) is 10.1. The molecular weight excluding hydrogens is 303 g/mol. The molecule has 0 atom stereocenters. The summed E-state index contributed by atoms with van der Waals surface area (Å²) in [6.45, 7) is 0. The van der Waals surface area contributed by atoms with Crippen LogP contribution in [-0.2, 0) is 6.18 Å². The molecule has 0 N–H and O–H groups in total. The van der Waals surface area contributed by atoms with Crippen molar-refractivity contribution in [2.75, 3.05) is 12.1 Å². The first-order valence-electron chi connectivity index (χ1n) is 5.93. The summed E-state index contributed by atoms with van der Waals surface area (Å²) < 4.78 is 37.6. The number of hydrogen-bond donors (Lipinski definition) is 0. The van der Waals surface area contributed by atoms with E-state index in [9.17, 15) is 13.2 Å². The number of halogens is 4. The van der Waals surface area contributed by atoms with Crippen molar-refractivity contribution < 1.29 is 13.2 Å². The highest BCUT2D eigenvalue weighted by molar-refractivity contribution is 6.33. The minimum Gasteiger partial charge on any atom is -0.250 e. The normalized spacial score (nSPS) is 11.9. The predicted molar refractivity (Wildman–Crippen MR) is 76.7 cm³/mol. The van der Waals surface area contributed by atoms with Gasteiger partial charge in [-0.1, -0.05) is 41.9 Å². The number of anilines is 1. The molecule has 2 rings (SSSR count). The van der Waals surface area contributed by atoms with Gasteiger partial charge in [0.05, 0.1) is 16.8 Å². The van der Waals surface area contributed by atoms with Crippen LogP contribution >= 0.6 is 11.6 Å². The van der Waals surface area contributed by atoms with Gasteiger partial charge in [-0.05, 0) is 11.6 Å². The number of nitrogens with zero attached hydrogens (tertiary/aromatic N) is 3. The SMILES string of the molecule is CN(N=Cc1ccccc1)c1ncc(C(F)(F)F)cc1Cl. The van der Waals surface area contributed by atoms with Crippen LogP contribution in [0.3, 0.4) is 0 Å². The van der Waals surface area contributed by atoms with Gasteiger partial charge in [-0.15, -0.1) is 0 Å². The van der Waals surface area contributed by atoms with Crippen LogP contribution in [0.1, 0.15) is 11.1 Å². The van der Waals surface area contributed by atoms with E-state index in [-0.39, 0.29) is 10.8 Å². The Morgan fingerprint density at radius 2 is 1.90 bits per heavy atom. The van der Waals surface area contributed by atoms with Crippen LogP contribution in [0.5, 0.6) is 0 Å². The first-order valence-corrected chi connectivity index (χ1v) is 6.31. The minimum absolute atomic E-state index is 0.113. The van der Waals surface area contributed by atoms with E-state index >= 15 is 0 Å². The molecule has 0 saturated carbocycles. The lowest BCUT2D eigenvalue weighted by Gasteiger charge is -2.14. The smallest absolute Gasteiger partial charge is 0.250 e. The van der Waals surface area contributed by atoms with Crippen molar-refractivity contribution in [1.29, 1.82) is 0 Å². The standard InChI is InChI=1S/C14H11ClF3N3/c1-21(20-8-10-5-3-2-4-6-10)13-12(15)7-11(9-19-13)14(16,17)18/h2-9H,1H3. The van der Waals surface area contributed by atoms with E-state index < -0.39 is 11.7 Å². The van der Waals surface area contributed by atoms with Gasteiger partial charge in [-0.25, -0.2) is 9.99 Å². The summed E-state index contributed by atoms with van der Waals surface area (Å²) in [6.07, 6.45) is -2.17. The van der Waals surface area contributed by atoms with Crippen LogP contribution in [0, 0.1) is 0 Å². The lowest BCUT2D eigenvalue weighted by atomic mass is 10.2. The minimum atomic E-state index is -4.47. The average molecular weight is 314 g/mol. The fourth-order valence-electron chi connectivity index (χ4n) is 1.57. The van der Waals surface area contributed by atoms with Crippen molar-refractivity contribution >= 4 is 23.6 Å². The third-order valence-corrected chi connectivity index (χ3v) is 2.91. The summed E-state index contributed by atoms with van der Waals surface area (Å²) >= 11 is 5.83. The quantitative estimate of drug-likeness (QED) is 0.627. The zero-order valence-electron chi connectivity index (χ0n) is 11.0. The van der Waals surface area contributed by atoms with Gasteiger partial charge < -0.3 is 0 Å². The Morgan fingerprint density at radius 1 is 1.24 bits per heavy atom. The van der Waals surface area contributed by atoms with Crippen molar-refractivity contribution in [2.45, 2.75) is 6.18 Å². The number of benzene rings is 1. The van der Waals surface area contributed by atoms with Gasteiger partial charge in [0.2, 0.25) is 0 Å². The Balaban J connectivity index is 2.20. The summed E-state index contributed by atoms with van der Waals surface area (Å²) in [4.78, 5) is 3.72. The Bertz CT molecular complexity index is 642. The highest BCUT2D eigenvalue weighted by Crippen LogP contribution is 2.33. The fourth-order valence-corrected chi connectivity index (χ4v) is 1.86. The zero-order valence-corrected chi connectivity index (χ0v) is 11.7. The number of hydrazone groups is 1. The van der Waals surface area contributed by atoms with Crippen molar-refractivity contribution in [1.82, 2.24) is 4.98 Å². The van der Waals surface area contributed by atoms with Gasteiger partial charge in [0, 0.05) is 13.2 Å². The topological polar surface area (TPSA) is 28.5 Å². The molecule has 3 nitrogen and oxygen atoms in total. The Kier molecular flexibility index (Phi) is 4.47. The highest BCUT2D eigenvalue weighted by Gasteiger charge is 2.31. The first kappa shape index (κ1) is 15.3. The third-order valence-electron chi connectivity index (χ3n) is 2.64. The first-order chi connectivity index (χ1) is 9.88. The number of alkyl halides is 3. The Morgan fingerprint density at radius 3 is 2.48 bits per heavy atom. The summed E-state index contributed by atoms with van der Waals surface area (Å²) in [5.41, 5.74) is -0.0379. The Hall–Kier alpha value is -2.08. The molecule has 0 aliphatic heterocycles. The lowest BCUT2D eigenvalue weighted by molar-refractivity contribution is -0.137. The van der Waals surface area contributed by atoms with Crippen LogP contribution in [0.25, 0.3) is 0 Å². The zero-order chi connectivity index (χ0) is 15.5. The van der Waals surface area contributed by atoms with E-state index in [2.05, 4.69) is 10.1 Å². The van der Waals surface area contributed by atoms with Gasteiger partial charge in [0.1, 0.15) is 0 Å². The number of rotatable bonds is 3. The molecule has 0 fully saturated rings. The van der Waals surface area contributed by atoms with E-state index in [1.165, 1.54) is 5.01 Å². The van der Waals surface area contributed by atoms with E-state index in [1.54, 1.807) is 13.3 Å². The predicted octanol–water partition coefficient (Wildman–Crippen LogP) is 4.22. The molecule has 0 spiro atoms. The van der Waals surface area contributed by atoms with Gasteiger partial charge in [0.15, 0.2) is 5.82 Å². The van der Waals surface area contributed by atoms with Crippen molar-refractivity contribution in [2.24, 2.45) is 5.10 Å². The molecule has 0 unspecified atom stereocenters. The molecule has 0 amide bonds. The van der Waals surface area contributed by atoms with Crippen LogP contribution < -0.4 is 5.01 Å². The lowest BCUT2D eigenvalue weighted by Crippen LogP contribution is -2.13. The summed E-state index contributed by atoms with van der Waals surface area (Å²) in [5, 5.41) is 5.30. The molecule has 1 heterocycles. The molecule has 0 bridgehead atoms. The summed E-state index contributed by atoms with van der Waals surface area (Å²) in [5.74, 6) is 0.150. The van der Waals surface area contributed by atoms with Crippen LogP contribution in [0.2, 0.25) is 5.02 Å². The van der Waals surface area contributed by atoms with Crippen LogP contribution in [0.4, 0.5) is 19.0 Å². The number of hydrogen-bond acceptors (Lipinski definition) is 3. The maximum absolute atomic E-state index is 12.5. The van der Waals surface area contributed by atoms with Crippen molar-refractivity contribution in [3.05, 3.63) is 58.7 Å². The fraction of sp³-hybridized carbons (Fsp3) is 0.143. The van der Waals surface area contributed by atoms with Crippen molar-refractivity contribution in [3.8, 4) is 0 Å². The molecular formula is C14H11ClF3N3. The van der Waals surface area contributed by atoms with Gasteiger partial charge in [-0.2, -0.15) is 18.3 Å². The second kappa shape index (κ2) is 6.13. The number of pyridine rings is 1. The van der Waals surface area contributed by atoms with E-state index in [0.717, 1.165) is 17.8 Å². The molecule has 1 aromatic carbocycles. The van der Waals surface area contributed by atoms with E-state index in [1.807, 2.05) is 30.3 Å². The van der Waals surface area contributed by atoms with Gasteiger partial charge >= 0.3 is 6.18 Å². The maximum atomic E-state index is 12.5. The third kappa shape index (κ3) is 3.95. The van der Waals surface area contributed by atoms with Gasteiger partial charge in [0.25, 0.3) is 0 Å². The number of aromatic nitrogens is 1. The van der Waals surface area contributed by atoms with Crippen molar-refractivity contribution in [3.63, 3.8) is 0 Å². The molecule has 0 radical (unpaired) electrons. The Labute approximate surface area is 124 Å². The largest absolute Gasteiger partial charge is 0.417 e. The second-order valence-corrected chi connectivity index (χ2v) is 4.61. The second-order valence-electron chi connectivity index (χ2n) is 4.21. The molecule has 21 heavy (non-hydrogen) atoms.